The van der Waals surface area contributed by atoms with Crippen molar-refractivity contribution in [2.75, 3.05) is 7.11 Å². The maximum Gasteiger partial charge on any atom is 0.407 e. The predicted molar refractivity (Wildman–Crippen MR) is 58.6 cm³/mol. The van der Waals surface area contributed by atoms with Crippen LogP contribution in [0, 0.1) is 11.8 Å². The molecule has 1 N–H and O–H groups in total. The van der Waals surface area contributed by atoms with Crippen molar-refractivity contribution in [1.82, 2.24) is 5.32 Å². The third-order valence-corrected chi connectivity index (χ3v) is 2.53. The van der Waals surface area contributed by atoms with Crippen molar-refractivity contribution in [3.63, 3.8) is 0 Å². The number of hydrogen-bond donors (Lipinski definition) is 1. The molecule has 0 rings (SSSR count). The summed E-state index contributed by atoms with van der Waals surface area (Å²) in [6.45, 7) is 7.64. The number of ketones is 1. The number of methoxy groups -OCH3 is 1. The van der Waals surface area contributed by atoms with E-state index in [2.05, 4.69) is 10.1 Å². The van der Waals surface area contributed by atoms with Gasteiger partial charge >= 0.3 is 6.09 Å². The minimum Gasteiger partial charge on any atom is -0.453 e. The van der Waals surface area contributed by atoms with Crippen molar-refractivity contribution in [1.29, 1.82) is 0 Å². The number of amides is 1. The average molecular weight is 215 g/mol. The average Bonchev–Trinajstić information content (AvgIpc) is 2.22. The summed E-state index contributed by atoms with van der Waals surface area (Å²) in [6.07, 6.45) is 0.232. The van der Waals surface area contributed by atoms with E-state index in [1.807, 2.05) is 27.7 Å². The Hall–Kier alpha value is -1.06. The van der Waals surface area contributed by atoms with Crippen molar-refractivity contribution in [3.8, 4) is 0 Å². The van der Waals surface area contributed by atoms with E-state index < -0.39 is 12.1 Å². The molecule has 88 valence electrons. The Morgan fingerprint density at radius 1 is 1.27 bits per heavy atom. The SMILES string of the molecule is CCC(C)C(=O)[C@@H](NC(=O)OC)C(C)C. The second-order valence-corrected chi connectivity index (χ2v) is 4.07. The molecule has 1 amide bonds. The van der Waals surface area contributed by atoms with Gasteiger partial charge in [0, 0.05) is 5.92 Å². The number of nitrogens with one attached hydrogen (secondary N) is 1. The lowest BCUT2D eigenvalue weighted by molar-refractivity contribution is -0.125. The second kappa shape index (κ2) is 6.43. The topological polar surface area (TPSA) is 55.4 Å². The molecule has 0 aliphatic rings. The van der Waals surface area contributed by atoms with Crippen molar-refractivity contribution in [2.45, 2.75) is 40.2 Å². The molecule has 0 radical (unpaired) electrons. The van der Waals surface area contributed by atoms with Crippen molar-refractivity contribution < 1.29 is 14.3 Å². The minimum absolute atomic E-state index is 0.0328. The summed E-state index contributed by atoms with van der Waals surface area (Å²) >= 11 is 0. The molecule has 2 atom stereocenters. The molecule has 0 aliphatic heterocycles. The maximum absolute atomic E-state index is 11.9. The molecule has 4 heteroatoms. The molecule has 0 fully saturated rings. The first kappa shape index (κ1) is 13.9. The van der Waals surface area contributed by atoms with E-state index in [0.717, 1.165) is 6.42 Å². The third kappa shape index (κ3) is 4.32. The van der Waals surface area contributed by atoms with Gasteiger partial charge in [-0.05, 0) is 12.3 Å². The Balaban J connectivity index is 4.52. The molecular formula is C11H21NO3. The van der Waals surface area contributed by atoms with E-state index >= 15 is 0 Å². The van der Waals surface area contributed by atoms with Gasteiger partial charge in [-0.15, -0.1) is 0 Å². The number of Topliss-reactive ketones (excluding diaryl/α,β-unsaturated/α-hetero) is 1. The van der Waals surface area contributed by atoms with Gasteiger partial charge in [-0.3, -0.25) is 4.79 Å². The van der Waals surface area contributed by atoms with Gasteiger partial charge < -0.3 is 10.1 Å². The molecule has 0 heterocycles. The van der Waals surface area contributed by atoms with Crippen LogP contribution < -0.4 is 5.32 Å². The van der Waals surface area contributed by atoms with E-state index in [1.165, 1.54) is 7.11 Å². The zero-order valence-corrected chi connectivity index (χ0v) is 10.2. The Labute approximate surface area is 91.4 Å². The summed E-state index contributed by atoms with van der Waals surface area (Å²) in [4.78, 5) is 23.0. The highest BCUT2D eigenvalue weighted by Gasteiger charge is 2.27. The fourth-order valence-corrected chi connectivity index (χ4v) is 1.26. The second-order valence-electron chi connectivity index (χ2n) is 4.07. The zero-order valence-electron chi connectivity index (χ0n) is 10.2. The molecule has 0 aromatic heterocycles. The summed E-state index contributed by atoms with van der Waals surface area (Å²) in [7, 11) is 1.29. The standard InChI is InChI=1S/C11H21NO3/c1-6-8(4)10(13)9(7(2)3)12-11(14)15-5/h7-9H,6H2,1-5H3,(H,12,14)/t8?,9-/m0/s1. The molecule has 15 heavy (non-hydrogen) atoms. The molecule has 0 saturated heterocycles. The fourth-order valence-electron chi connectivity index (χ4n) is 1.26. The van der Waals surface area contributed by atoms with Gasteiger partial charge in [0.05, 0.1) is 13.2 Å². The van der Waals surface area contributed by atoms with Gasteiger partial charge in [0.2, 0.25) is 0 Å². The maximum atomic E-state index is 11.9. The van der Waals surface area contributed by atoms with Crippen LogP contribution in [0.5, 0.6) is 0 Å². The summed E-state index contributed by atoms with van der Waals surface area (Å²) in [5.74, 6) is 0.109. The van der Waals surface area contributed by atoms with Crippen LogP contribution in [0.3, 0.4) is 0 Å². The van der Waals surface area contributed by atoms with E-state index in [1.54, 1.807) is 0 Å². The molecule has 0 spiro atoms. The largest absolute Gasteiger partial charge is 0.453 e. The summed E-state index contributed by atoms with van der Waals surface area (Å²) in [5, 5.41) is 2.57. The Bertz CT molecular complexity index is 226. The molecule has 0 bridgehead atoms. The van der Waals surface area contributed by atoms with Gasteiger partial charge in [0.1, 0.15) is 0 Å². The van der Waals surface area contributed by atoms with Crippen LogP contribution in [0.2, 0.25) is 0 Å². The quantitative estimate of drug-likeness (QED) is 0.763. The van der Waals surface area contributed by atoms with Crippen LogP contribution in [-0.2, 0) is 9.53 Å². The smallest absolute Gasteiger partial charge is 0.407 e. The van der Waals surface area contributed by atoms with Crippen LogP contribution in [0.1, 0.15) is 34.1 Å². The lowest BCUT2D eigenvalue weighted by Crippen LogP contribution is -2.46. The fraction of sp³-hybridized carbons (Fsp3) is 0.818. The van der Waals surface area contributed by atoms with Crippen molar-refractivity contribution in [2.24, 2.45) is 11.8 Å². The lowest BCUT2D eigenvalue weighted by atomic mass is 9.91. The van der Waals surface area contributed by atoms with Gasteiger partial charge in [0.15, 0.2) is 5.78 Å². The van der Waals surface area contributed by atoms with Crippen LogP contribution >= 0.6 is 0 Å². The Morgan fingerprint density at radius 2 is 1.80 bits per heavy atom. The molecule has 0 aromatic carbocycles. The molecule has 0 aromatic rings. The van der Waals surface area contributed by atoms with E-state index in [4.69, 9.17) is 0 Å². The lowest BCUT2D eigenvalue weighted by Gasteiger charge is -2.23. The third-order valence-electron chi connectivity index (χ3n) is 2.53. The molecular weight excluding hydrogens is 194 g/mol. The first-order valence-corrected chi connectivity index (χ1v) is 5.32. The van der Waals surface area contributed by atoms with E-state index in [0.29, 0.717) is 0 Å². The molecule has 4 nitrogen and oxygen atoms in total. The normalized spacial score (nSPS) is 14.5. The minimum atomic E-state index is -0.551. The first-order chi connectivity index (χ1) is 6.93. The van der Waals surface area contributed by atoms with E-state index in [-0.39, 0.29) is 17.6 Å². The highest BCUT2D eigenvalue weighted by atomic mass is 16.5. The van der Waals surface area contributed by atoms with Gasteiger partial charge in [-0.2, -0.15) is 0 Å². The van der Waals surface area contributed by atoms with E-state index in [9.17, 15) is 9.59 Å². The Kier molecular flexibility index (Phi) is 5.97. The number of ether oxygens (including phenoxy) is 1. The zero-order chi connectivity index (χ0) is 12.0. The summed E-state index contributed by atoms with van der Waals surface area (Å²) < 4.78 is 4.49. The number of carbonyl (C=O) groups excluding carboxylic acids is 2. The van der Waals surface area contributed by atoms with Crippen LogP contribution in [0.4, 0.5) is 4.79 Å². The van der Waals surface area contributed by atoms with Crippen molar-refractivity contribution >= 4 is 11.9 Å². The molecule has 0 aliphatic carbocycles. The van der Waals surface area contributed by atoms with Gasteiger partial charge in [-0.25, -0.2) is 4.79 Å². The molecule has 0 saturated carbocycles. The number of rotatable bonds is 5. The highest BCUT2D eigenvalue weighted by Crippen LogP contribution is 2.12. The Morgan fingerprint density at radius 3 is 2.13 bits per heavy atom. The number of carbonyl (C=O) groups is 2. The van der Waals surface area contributed by atoms with Crippen LogP contribution in [-0.4, -0.2) is 25.0 Å². The highest BCUT2D eigenvalue weighted by molar-refractivity contribution is 5.89. The summed E-state index contributed by atoms with van der Waals surface area (Å²) in [6, 6.07) is -0.451. The van der Waals surface area contributed by atoms with Crippen LogP contribution in [0.15, 0.2) is 0 Å². The van der Waals surface area contributed by atoms with Crippen molar-refractivity contribution in [3.05, 3.63) is 0 Å². The number of alkyl carbamates (subject to hydrolysis) is 1. The monoisotopic (exact) mass is 215 g/mol. The summed E-state index contributed by atoms with van der Waals surface area (Å²) in [5.41, 5.74) is 0. The first-order valence-electron chi connectivity index (χ1n) is 5.32. The van der Waals surface area contributed by atoms with Gasteiger partial charge in [-0.1, -0.05) is 27.7 Å². The molecule has 1 unspecified atom stereocenters. The number of hydrogen-bond acceptors (Lipinski definition) is 3. The predicted octanol–water partition coefficient (Wildman–Crippen LogP) is 1.98. The van der Waals surface area contributed by atoms with Crippen LogP contribution in [0.25, 0.3) is 0 Å². The van der Waals surface area contributed by atoms with Gasteiger partial charge in [0.25, 0.3) is 0 Å².